The summed E-state index contributed by atoms with van der Waals surface area (Å²) in [5.41, 5.74) is 0.929. The van der Waals surface area contributed by atoms with Gasteiger partial charge in [-0.15, -0.1) is 0 Å². The minimum absolute atomic E-state index is 0.0734. The average molecular weight is 282 g/mol. The second kappa shape index (κ2) is 7.28. The summed E-state index contributed by atoms with van der Waals surface area (Å²) in [6, 6.07) is 8.09. The smallest absolute Gasteiger partial charge is 0.0940 e. The van der Waals surface area contributed by atoms with Gasteiger partial charge in [0.2, 0.25) is 0 Å². The number of nitrogens with one attached hydrogen (secondary N) is 1. The Kier molecular flexibility index (Phi) is 5.68. The molecule has 0 amide bonds. The third-order valence-electron chi connectivity index (χ3n) is 4.04. The number of halogens is 1. The molecule has 106 valence electrons. The van der Waals surface area contributed by atoms with E-state index in [1.54, 1.807) is 0 Å². The van der Waals surface area contributed by atoms with Gasteiger partial charge in [-0.3, -0.25) is 0 Å². The molecule has 2 nitrogen and oxygen atoms in total. The molecule has 1 aromatic rings. The van der Waals surface area contributed by atoms with Gasteiger partial charge in [-0.05, 0) is 37.5 Å². The first-order valence-electron chi connectivity index (χ1n) is 7.36. The number of aliphatic hydroxyl groups is 1. The van der Waals surface area contributed by atoms with Crippen LogP contribution in [0.15, 0.2) is 24.3 Å². The fourth-order valence-electron chi connectivity index (χ4n) is 2.86. The minimum atomic E-state index is -0.472. The highest BCUT2D eigenvalue weighted by molar-refractivity contribution is 6.30. The Morgan fingerprint density at radius 1 is 1.11 bits per heavy atom. The van der Waals surface area contributed by atoms with Crippen molar-refractivity contribution < 1.29 is 5.11 Å². The zero-order valence-corrected chi connectivity index (χ0v) is 12.4. The predicted molar refractivity (Wildman–Crippen MR) is 80.5 cm³/mol. The first-order valence-corrected chi connectivity index (χ1v) is 7.74. The highest BCUT2D eigenvalue weighted by Gasteiger charge is 2.20. The zero-order valence-electron chi connectivity index (χ0n) is 11.6. The second-order valence-corrected chi connectivity index (χ2v) is 6.08. The summed E-state index contributed by atoms with van der Waals surface area (Å²) < 4.78 is 0. The second-order valence-electron chi connectivity index (χ2n) is 5.64. The van der Waals surface area contributed by atoms with Crippen molar-refractivity contribution in [1.29, 1.82) is 0 Å². The minimum Gasteiger partial charge on any atom is -0.387 e. The molecule has 1 saturated carbocycles. The van der Waals surface area contributed by atoms with E-state index >= 15 is 0 Å². The molecule has 1 aliphatic rings. The lowest BCUT2D eigenvalue weighted by Gasteiger charge is -2.26. The number of hydrogen-bond acceptors (Lipinski definition) is 2. The van der Waals surface area contributed by atoms with E-state index in [9.17, 15) is 5.11 Å². The van der Waals surface area contributed by atoms with Crippen LogP contribution < -0.4 is 5.32 Å². The SMILES string of the molecule is CC(NC1CCCCCC1)C(O)c1ccc(Cl)cc1. The molecule has 2 atom stereocenters. The molecule has 19 heavy (non-hydrogen) atoms. The number of hydrogen-bond donors (Lipinski definition) is 2. The van der Waals surface area contributed by atoms with E-state index in [-0.39, 0.29) is 6.04 Å². The maximum atomic E-state index is 10.4. The van der Waals surface area contributed by atoms with Gasteiger partial charge in [0.15, 0.2) is 0 Å². The third-order valence-corrected chi connectivity index (χ3v) is 4.29. The van der Waals surface area contributed by atoms with Crippen molar-refractivity contribution in [1.82, 2.24) is 5.32 Å². The largest absolute Gasteiger partial charge is 0.387 e. The maximum absolute atomic E-state index is 10.4. The van der Waals surface area contributed by atoms with Crippen LogP contribution in [0.4, 0.5) is 0 Å². The van der Waals surface area contributed by atoms with Gasteiger partial charge in [0.1, 0.15) is 0 Å². The van der Waals surface area contributed by atoms with E-state index in [4.69, 9.17) is 11.6 Å². The Labute approximate surface area is 121 Å². The van der Waals surface area contributed by atoms with E-state index in [1.807, 2.05) is 24.3 Å². The van der Waals surface area contributed by atoms with Gasteiger partial charge >= 0.3 is 0 Å². The number of rotatable bonds is 4. The fraction of sp³-hybridized carbons (Fsp3) is 0.625. The first kappa shape index (κ1) is 14.8. The Morgan fingerprint density at radius 3 is 2.26 bits per heavy atom. The van der Waals surface area contributed by atoms with Crippen molar-refractivity contribution in [3.8, 4) is 0 Å². The van der Waals surface area contributed by atoms with Crippen molar-refractivity contribution in [2.45, 2.75) is 63.6 Å². The van der Waals surface area contributed by atoms with Crippen LogP contribution in [-0.2, 0) is 0 Å². The van der Waals surface area contributed by atoms with Gasteiger partial charge in [-0.1, -0.05) is 49.4 Å². The van der Waals surface area contributed by atoms with Crippen LogP contribution >= 0.6 is 11.6 Å². The van der Waals surface area contributed by atoms with Gasteiger partial charge in [0.25, 0.3) is 0 Å². The van der Waals surface area contributed by atoms with E-state index in [1.165, 1.54) is 38.5 Å². The summed E-state index contributed by atoms with van der Waals surface area (Å²) in [5.74, 6) is 0. The van der Waals surface area contributed by atoms with Crippen molar-refractivity contribution in [2.24, 2.45) is 0 Å². The average Bonchev–Trinajstić information content (AvgIpc) is 2.67. The van der Waals surface area contributed by atoms with Crippen LogP contribution in [0.1, 0.15) is 57.1 Å². The van der Waals surface area contributed by atoms with Crippen molar-refractivity contribution >= 4 is 11.6 Å². The molecule has 1 fully saturated rings. The lowest BCUT2D eigenvalue weighted by Crippen LogP contribution is -2.39. The Bertz CT molecular complexity index is 371. The molecule has 2 unspecified atom stereocenters. The molecular weight excluding hydrogens is 258 g/mol. The molecule has 0 aromatic heterocycles. The van der Waals surface area contributed by atoms with Gasteiger partial charge in [0.05, 0.1) is 6.10 Å². The molecule has 0 aliphatic heterocycles. The standard InChI is InChI=1S/C16H24ClNO/c1-12(18-15-6-4-2-3-5-7-15)16(19)13-8-10-14(17)11-9-13/h8-12,15-16,18-19H,2-7H2,1H3. The Balaban J connectivity index is 1.90. The predicted octanol–water partition coefficient (Wildman–Crippen LogP) is 4.07. The topological polar surface area (TPSA) is 32.3 Å². The van der Waals surface area contributed by atoms with Gasteiger partial charge in [-0.25, -0.2) is 0 Å². The maximum Gasteiger partial charge on any atom is 0.0940 e. The van der Waals surface area contributed by atoms with Crippen LogP contribution in [0.2, 0.25) is 5.02 Å². The molecule has 1 aliphatic carbocycles. The van der Waals surface area contributed by atoms with Crippen molar-refractivity contribution in [2.75, 3.05) is 0 Å². The lowest BCUT2D eigenvalue weighted by atomic mass is 10.0. The lowest BCUT2D eigenvalue weighted by molar-refractivity contribution is 0.127. The summed E-state index contributed by atoms with van der Waals surface area (Å²) in [6.07, 6.45) is 7.32. The number of benzene rings is 1. The zero-order chi connectivity index (χ0) is 13.7. The quantitative estimate of drug-likeness (QED) is 0.815. The molecular formula is C16H24ClNO. The molecule has 1 aromatic carbocycles. The van der Waals surface area contributed by atoms with Gasteiger partial charge in [0, 0.05) is 17.1 Å². The van der Waals surface area contributed by atoms with Crippen LogP contribution in [0, 0.1) is 0 Å². The molecule has 0 radical (unpaired) electrons. The molecule has 2 N–H and O–H groups in total. The monoisotopic (exact) mass is 281 g/mol. The summed E-state index contributed by atoms with van der Waals surface area (Å²) in [6.45, 7) is 2.06. The summed E-state index contributed by atoms with van der Waals surface area (Å²) in [5, 5.41) is 14.7. The summed E-state index contributed by atoms with van der Waals surface area (Å²) in [7, 11) is 0. The normalized spacial score (nSPS) is 20.8. The molecule has 0 spiro atoms. The van der Waals surface area contributed by atoms with Crippen LogP contribution in [0.5, 0.6) is 0 Å². The number of aliphatic hydroxyl groups excluding tert-OH is 1. The molecule has 0 saturated heterocycles. The summed E-state index contributed by atoms with van der Waals surface area (Å²) in [4.78, 5) is 0. The first-order chi connectivity index (χ1) is 9.16. The van der Waals surface area contributed by atoms with Gasteiger partial charge in [-0.2, -0.15) is 0 Å². The molecule has 0 heterocycles. The van der Waals surface area contributed by atoms with E-state index < -0.39 is 6.10 Å². The molecule has 0 bridgehead atoms. The van der Waals surface area contributed by atoms with Crippen molar-refractivity contribution in [3.05, 3.63) is 34.9 Å². The Morgan fingerprint density at radius 2 is 1.68 bits per heavy atom. The highest BCUT2D eigenvalue weighted by atomic mass is 35.5. The van der Waals surface area contributed by atoms with Crippen molar-refractivity contribution in [3.63, 3.8) is 0 Å². The van der Waals surface area contributed by atoms with E-state index in [0.717, 1.165) is 5.56 Å². The van der Waals surface area contributed by atoms with Crippen LogP contribution in [0.25, 0.3) is 0 Å². The van der Waals surface area contributed by atoms with E-state index in [0.29, 0.717) is 11.1 Å². The van der Waals surface area contributed by atoms with E-state index in [2.05, 4.69) is 12.2 Å². The molecule has 2 rings (SSSR count). The van der Waals surface area contributed by atoms with Crippen LogP contribution in [0.3, 0.4) is 0 Å². The highest BCUT2D eigenvalue weighted by Crippen LogP contribution is 2.22. The van der Waals surface area contributed by atoms with Crippen LogP contribution in [-0.4, -0.2) is 17.2 Å². The van der Waals surface area contributed by atoms with Gasteiger partial charge < -0.3 is 10.4 Å². The molecule has 3 heteroatoms. The third kappa shape index (κ3) is 4.48. The summed E-state index contributed by atoms with van der Waals surface area (Å²) >= 11 is 5.87. The Hall–Kier alpha value is -0.570. The fourth-order valence-corrected chi connectivity index (χ4v) is 2.98.